The molecule has 1 fully saturated rings. The molecule has 2 rings (SSSR count). The third kappa shape index (κ3) is 3.52. The quantitative estimate of drug-likeness (QED) is 0.929. The van der Waals surface area contributed by atoms with Gasteiger partial charge in [-0.25, -0.2) is 0 Å². The van der Waals surface area contributed by atoms with E-state index in [1.807, 2.05) is 24.3 Å². The first-order chi connectivity index (χ1) is 8.16. The number of hydrogen-bond donors (Lipinski definition) is 1. The fourth-order valence-electron chi connectivity index (χ4n) is 2.07. The molecule has 0 aliphatic carbocycles. The first-order valence-corrected chi connectivity index (χ1v) is 6.71. The molecule has 0 aromatic heterocycles. The third-order valence-electron chi connectivity index (χ3n) is 3.15. The minimum atomic E-state index is -0.437. The van der Waals surface area contributed by atoms with E-state index in [1.54, 1.807) is 0 Å². The second kappa shape index (κ2) is 5.96. The summed E-state index contributed by atoms with van der Waals surface area (Å²) < 4.78 is 6.39. The van der Waals surface area contributed by atoms with Crippen molar-refractivity contribution in [2.24, 2.45) is 0 Å². The van der Waals surface area contributed by atoms with Crippen LogP contribution in [0.2, 0.25) is 0 Å². The van der Waals surface area contributed by atoms with Gasteiger partial charge < -0.3 is 9.84 Å². The average molecular weight is 300 g/mol. The zero-order valence-corrected chi connectivity index (χ0v) is 11.6. The monoisotopic (exact) mass is 299 g/mol. The van der Waals surface area contributed by atoms with Crippen LogP contribution in [0.1, 0.15) is 18.6 Å². The van der Waals surface area contributed by atoms with Crippen LogP contribution >= 0.6 is 15.9 Å². The Labute approximate surface area is 111 Å². The average Bonchev–Trinajstić information content (AvgIpc) is 2.32. The summed E-state index contributed by atoms with van der Waals surface area (Å²) in [4.78, 5) is 2.27. The molecule has 0 spiro atoms. The molecular formula is C13H18BrNO2. The lowest BCUT2D eigenvalue weighted by Gasteiger charge is -2.34. The molecule has 1 aromatic carbocycles. The van der Waals surface area contributed by atoms with Crippen molar-refractivity contribution in [1.29, 1.82) is 0 Å². The molecule has 17 heavy (non-hydrogen) atoms. The Morgan fingerprint density at radius 1 is 1.59 bits per heavy atom. The van der Waals surface area contributed by atoms with E-state index in [9.17, 15) is 5.11 Å². The molecule has 1 saturated heterocycles. The zero-order chi connectivity index (χ0) is 12.3. The first kappa shape index (κ1) is 13.0. The summed E-state index contributed by atoms with van der Waals surface area (Å²) in [5, 5.41) is 10.2. The summed E-state index contributed by atoms with van der Waals surface area (Å²) in [6, 6.07) is 8.22. The number of halogens is 1. The normalized spacial score (nSPS) is 23.6. The van der Waals surface area contributed by atoms with Crippen LogP contribution in [0, 0.1) is 0 Å². The molecule has 0 radical (unpaired) electrons. The molecule has 3 nitrogen and oxygen atoms in total. The predicted octanol–water partition coefficient (Wildman–Crippen LogP) is 2.20. The predicted molar refractivity (Wildman–Crippen MR) is 71.0 cm³/mol. The Bertz CT molecular complexity index is 372. The SMILES string of the molecule is CC1COCCN1CC(O)c1cccc(Br)c1. The van der Waals surface area contributed by atoms with Gasteiger partial charge in [0.1, 0.15) is 0 Å². The zero-order valence-electron chi connectivity index (χ0n) is 9.97. The Morgan fingerprint density at radius 3 is 3.12 bits per heavy atom. The number of benzene rings is 1. The molecule has 1 heterocycles. The smallest absolute Gasteiger partial charge is 0.0917 e. The van der Waals surface area contributed by atoms with Crippen LogP contribution in [0.5, 0.6) is 0 Å². The highest BCUT2D eigenvalue weighted by molar-refractivity contribution is 9.10. The molecule has 94 valence electrons. The number of rotatable bonds is 3. The van der Waals surface area contributed by atoms with Gasteiger partial charge in [-0.3, -0.25) is 4.90 Å². The van der Waals surface area contributed by atoms with Crippen LogP contribution < -0.4 is 0 Å². The van der Waals surface area contributed by atoms with Gasteiger partial charge in [0.2, 0.25) is 0 Å². The lowest BCUT2D eigenvalue weighted by atomic mass is 10.1. The van der Waals surface area contributed by atoms with Gasteiger partial charge in [-0.2, -0.15) is 0 Å². The van der Waals surface area contributed by atoms with Crippen LogP contribution in [0.4, 0.5) is 0 Å². The molecule has 4 heteroatoms. The van der Waals surface area contributed by atoms with Crippen LogP contribution in [0.15, 0.2) is 28.7 Å². The molecule has 0 amide bonds. The molecule has 2 atom stereocenters. The highest BCUT2D eigenvalue weighted by Gasteiger charge is 2.21. The van der Waals surface area contributed by atoms with Gasteiger partial charge in [0.15, 0.2) is 0 Å². The standard InChI is InChI=1S/C13H18BrNO2/c1-10-9-17-6-5-15(10)8-13(16)11-3-2-4-12(14)7-11/h2-4,7,10,13,16H,5-6,8-9H2,1H3. The van der Waals surface area contributed by atoms with Crippen molar-refractivity contribution < 1.29 is 9.84 Å². The van der Waals surface area contributed by atoms with E-state index in [1.165, 1.54) is 0 Å². The second-order valence-electron chi connectivity index (χ2n) is 4.49. The maximum atomic E-state index is 10.2. The van der Waals surface area contributed by atoms with Crippen molar-refractivity contribution in [3.63, 3.8) is 0 Å². The molecular weight excluding hydrogens is 282 g/mol. The number of hydrogen-bond acceptors (Lipinski definition) is 3. The van der Waals surface area contributed by atoms with E-state index < -0.39 is 6.10 Å². The van der Waals surface area contributed by atoms with Crippen molar-refractivity contribution in [2.75, 3.05) is 26.3 Å². The lowest BCUT2D eigenvalue weighted by molar-refractivity contribution is -0.0203. The molecule has 1 aliphatic rings. The van der Waals surface area contributed by atoms with Gasteiger partial charge in [0.25, 0.3) is 0 Å². The van der Waals surface area contributed by atoms with Gasteiger partial charge in [-0.1, -0.05) is 28.1 Å². The topological polar surface area (TPSA) is 32.7 Å². The van der Waals surface area contributed by atoms with Gasteiger partial charge in [0.05, 0.1) is 19.3 Å². The highest BCUT2D eigenvalue weighted by Crippen LogP contribution is 2.20. The minimum Gasteiger partial charge on any atom is -0.387 e. The molecule has 1 aromatic rings. The molecule has 0 saturated carbocycles. The van der Waals surface area contributed by atoms with E-state index in [0.29, 0.717) is 12.6 Å². The van der Waals surface area contributed by atoms with Crippen molar-refractivity contribution in [3.8, 4) is 0 Å². The fourth-order valence-corrected chi connectivity index (χ4v) is 2.49. The number of morpholine rings is 1. The number of aliphatic hydroxyl groups excluding tert-OH is 1. The summed E-state index contributed by atoms with van der Waals surface area (Å²) >= 11 is 3.42. The molecule has 2 unspecified atom stereocenters. The summed E-state index contributed by atoms with van der Waals surface area (Å²) in [6.07, 6.45) is -0.437. The first-order valence-electron chi connectivity index (χ1n) is 5.92. The van der Waals surface area contributed by atoms with E-state index in [2.05, 4.69) is 27.8 Å². The van der Waals surface area contributed by atoms with Gasteiger partial charge >= 0.3 is 0 Å². The van der Waals surface area contributed by atoms with E-state index in [-0.39, 0.29) is 0 Å². The van der Waals surface area contributed by atoms with Crippen LogP contribution in [-0.4, -0.2) is 42.4 Å². The summed E-state index contributed by atoms with van der Waals surface area (Å²) in [5.74, 6) is 0. The van der Waals surface area contributed by atoms with Crippen molar-refractivity contribution in [2.45, 2.75) is 19.1 Å². The van der Waals surface area contributed by atoms with E-state index in [0.717, 1.165) is 29.8 Å². The van der Waals surface area contributed by atoms with Crippen LogP contribution in [0.3, 0.4) is 0 Å². The largest absolute Gasteiger partial charge is 0.387 e. The van der Waals surface area contributed by atoms with Crippen LogP contribution in [0.25, 0.3) is 0 Å². The van der Waals surface area contributed by atoms with Crippen molar-refractivity contribution >= 4 is 15.9 Å². The van der Waals surface area contributed by atoms with Crippen molar-refractivity contribution in [3.05, 3.63) is 34.3 Å². The number of β-amino-alcohol motifs (C(OH)–C–C–N with tert-alkyl or cyclic N) is 1. The lowest BCUT2D eigenvalue weighted by Crippen LogP contribution is -2.45. The number of nitrogens with zero attached hydrogens (tertiary/aromatic N) is 1. The minimum absolute atomic E-state index is 0.380. The maximum absolute atomic E-state index is 10.2. The van der Waals surface area contributed by atoms with Gasteiger partial charge in [0, 0.05) is 23.6 Å². The highest BCUT2D eigenvalue weighted by atomic mass is 79.9. The number of aliphatic hydroxyl groups is 1. The van der Waals surface area contributed by atoms with E-state index >= 15 is 0 Å². The summed E-state index contributed by atoms with van der Waals surface area (Å²) in [6.45, 7) is 5.21. The van der Waals surface area contributed by atoms with E-state index in [4.69, 9.17) is 4.74 Å². The third-order valence-corrected chi connectivity index (χ3v) is 3.64. The van der Waals surface area contributed by atoms with Crippen LogP contribution in [-0.2, 0) is 4.74 Å². The van der Waals surface area contributed by atoms with Gasteiger partial charge in [-0.15, -0.1) is 0 Å². The summed E-state index contributed by atoms with van der Waals surface area (Å²) in [7, 11) is 0. The van der Waals surface area contributed by atoms with Gasteiger partial charge in [-0.05, 0) is 24.6 Å². The molecule has 1 N–H and O–H groups in total. The Kier molecular flexibility index (Phi) is 4.56. The number of ether oxygens (including phenoxy) is 1. The fraction of sp³-hybridized carbons (Fsp3) is 0.538. The second-order valence-corrected chi connectivity index (χ2v) is 5.41. The molecule has 1 aliphatic heterocycles. The molecule has 0 bridgehead atoms. The Hall–Kier alpha value is -0.420. The summed E-state index contributed by atoms with van der Waals surface area (Å²) in [5.41, 5.74) is 0.957. The maximum Gasteiger partial charge on any atom is 0.0917 e. The Balaban J connectivity index is 1.98. The van der Waals surface area contributed by atoms with Crippen molar-refractivity contribution in [1.82, 2.24) is 4.90 Å². The Morgan fingerprint density at radius 2 is 2.41 bits per heavy atom.